The highest BCUT2D eigenvalue weighted by Crippen LogP contribution is 2.17. The molecule has 28 heavy (non-hydrogen) atoms. The number of nitrogens with one attached hydrogen (secondary N) is 2. The van der Waals surface area contributed by atoms with Crippen LogP contribution in [0.5, 0.6) is 5.75 Å². The van der Waals surface area contributed by atoms with Crippen LogP contribution in [0.15, 0.2) is 66.9 Å². The number of anilines is 1. The van der Waals surface area contributed by atoms with Crippen molar-refractivity contribution in [3.63, 3.8) is 0 Å². The molecule has 2 N–H and O–H groups in total. The highest BCUT2D eigenvalue weighted by molar-refractivity contribution is 6.30. The maximum absolute atomic E-state index is 12.4. The van der Waals surface area contributed by atoms with Gasteiger partial charge in [0.05, 0.1) is 7.11 Å². The van der Waals surface area contributed by atoms with Gasteiger partial charge in [0, 0.05) is 35.1 Å². The predicted octanol–water partition coefficient (Wildman–Crippen LogP) is 3.93. The summed E-state index contributed by atoms with van der Waals surface area (Å²) in [5, 5.41) is 6.18. The summed E-state index contributed by atoms with van der Waals surface area (Å²) in [6.45, 7) is 0.351. The third kappa shape index (κ3) is 5.08. The van der Waals surface area contributed by atoms with E-state index in [-0.39, 0.29) is 11.6 Å². The van der Waals surface area contributed by atoms with Crippen LogP contribution in [0.2, 0.25) is 5.02 Å². The smallest absolute Gasteiger partial charge is 0.274 e. The molecule has 0 radical (unpaired) electrons. The average molecular weight is 396 g/mol. The van der Waals surface area contributed by atoms with Gasteiger partial charge < -0.3 is 15.4 Å². The second kappa shape index (κ2) is 9.01. The van der Waals surface area contributed by atoms with E-state index in [0.717, 1.165) is 5.56 Å². The Labute approximate surface area is 167 Å². The Hall–Kier alpha value is -3.38. The Morgan fingerprint density at radius 1 is 1.04 bits per heavy atom. The fourth-order valence-electron chi connectivity index (χ4n) is 2.48. The SMILES string of the molecule is COc1cccc(NC(=O)c2cc(C(=O)NCc3ccc(Cl)cc3)ccn2)c1. The fraction of sp³-hybridized carbons (Fsp3) is 0.0952. The van der Waals surface area contributed by atoms with E-state index in [2.05, 4.69) is 15.6 Å². The normalized spacial score (nSPS) is 10.2. The lowest BCUT2D eigenvalue weighted by atomic mass is 10.2. The second-order valence-electron chi connectivity index (χ2n) is 5.92. The van der Waals surface area contributed by atoms with Crippen molar-refractivity contribution in [1.29, 1.82) is 0 Å². The van der Waals surface area contributed by atoms with Gasteiger partial charge in [-0.1, -0.05) is 29.8 Å². The van der Waals surface area contributed by atoms with E-state index >= 15 is 0 Å². The molecule has 0 aliphatic rings. The fourth-order valence-corrected chi connectivity index (χ4v) is 2.60. The maximum atomic E-state index is 12.4. The molecular weight excluding hydrogens is 378 g/mol. The molecular formula is C21H18ClN3O3. The van der Waals surface area contributed by atoms with Gasteiger partial charge in [-0.05, 0) is 42.0 Å². The van der Waals surface area contributed by atoms with E-state index in [1.807, 2.05) is 12.1 Å². The molecule has 1 heterocycles. The van der Waals surface area contributed by atoms with Crippen molar-refractivity contribution in [2.75, 3.05) is 12.4 Å². The average Bonchev–Trinajstić information content (AvgIpc) is 2.73. The van der Waals surface area contributed by atoms with E-state index < -0.39 is 5.91 Å². The number of methoxy groups -OCH3 is 1. The Morgan fingerprint density at radius 2 is 1.82 bits per heavy atom. The monoisotopic (exact) mass is 395 g/mol. The number of ether oxygens (including phenoxy) is 1. The number of rotatable bonds is 6. The molecule has 142 valence electrons. The van der Waals surface area contributed by atoms with Crippen molar-refractivity contribution in [1.82, 2.24) is 10.3 Å². The predicted molar refractivity (Wildman–Crippen MR) is 108 cm³/mol. The zero-order chi connectivity index (χ0) is 19.9. The summed E-state index contributed by atoms with van der Waals surface area (Å²) in [5.74, 6) is -0.0885. The van der Waals surface area contributed by atoms with Gasteiger partial charge in [0.1, 0.15) is 11.4 Å². The molecule has 0 bridgehead atoms. The van der Waals surface area contributed by atoms with Crippen LogP contribution in [0.25, 0.3) is 0 Å². The third-order valence-corrected chi connectivity index (χ3v) is 4.20. The molecule has 0 unspecified atom stereocenters. The molecule has 3 aromatic rings. The van der Waals surface area contributed by atoms with Crippen LogP contribution < -0.4 is 15.4 Å². The van der Waals surface area contributed by atoms with E-state index in [1.165, 1.54) is 12.3 Å². The van der Waals surface area contributed by atoms with Crippen molar-refractivity contribution >= 4 is 29.1 Å². The molecule has 0 saturated heterocycles. The van der Waals surface area contributed by atoms with Crippen molar-refractivity contribution in [3.8, 4) is 5.75 Å². The van der Waals surface area contributed by atoms with E-state index in [1.54, 1.807) is 49.6 Å². The number of carbonyl (C=O) groups is 2. The van der Waals surface area contributed by atoms with Gasteiger partial charge in [-0.15, -0.1) is 0 Å². The number of halogens is 1. The molecule has 0 atom stereocenters. The minimum atomic E-state index is -0.416. The van der Waals surface area contributed by atoms with Crippen LogP contribution in [0.3, 0.4) is 0 Å². The van der Waals surface area contributed by atoms with E-state index in [0.29, 0.717) is 28.6 Å². The molecule has 2 amide bonds. The number of nitrogens with zero attached hydrogens (tertiary/aromatic N) is 1. The number of amides is 2. The van der Waals surface area contributed by atoms with Crippen LogP contribution in [0, 0.1) is 0 Å². The highest BCUT2D eigenvalue weighted by atomic mass is 35.5. The first-order chi connectivity index (χ1) is 13.5. The lowest BCUT2D eigenvalue weighted by Gasteiger charge is -2.08. The van der Waals surface area contributed by atoms with Gasteiger partial charge in [-0.3, -0.25) is 14.6 Å². The first-order valence-corrected chi connectivity index (χ1v) is 8.87. The molecule has 6 nitrogen and oxygen atoms in total. The van der Waals surface area contributed by atoms with Crippen molar-refractivity contribution in [3.05, 3.63) is 88.7 Å². The molecule has 0 aliphatic heterocycles. The Morgan fingerprint density at radius 3 is 2.57 bits per heavy atom. The molecule has 0 saturated carbocycles. The van der Waals surface area contributed by atoms with Gasteiger partial charge in [0.25, 0.3) is 11.8 Å². The summed E-state index contributed by atoms with van der Waals surface area (Å²) in [4.78, 5) is 28.9. The van der Waals surface area contributed by atoms with Gasteiger partial charge >= 0.3 is 0 Å². The van der Waals surface area contributed by atoms with Crippen molar-refractivity contribution in [2.24, 2.45) is 0 Å². The molecule has 0 spiro atoms. The van der Waals surface area contributed by atoms with Crippen LogP contribution in [-0.2, 0) is 6.54 Å². The standard InChI is InChI=1S/C21H18ClN3O3/c1-28-18-4-2-3-17(12-18)25-21(27)19-11-15(9-10-23-19)20(26)24-13-14-5-7-16(22)8-6-14/h2-12H,13H2,1H3,(H,24,26)(H,25,27). The van der Waals surface area contributed by atoms with Crippen LogP contribution in [0.4, 0.5) is 5.69 Å². The molecule has 0 aliphatic carbocycles. The number of pyridine rings is 1. The summed E-state index contributed by atoms with van der Waals surface area (Å²) < 4.78 is 5.14. The summed E-state index contributed by atoms with van der Waals surface area (Å²) in [6.07, 6.45) is 1.43. The van der Waals surface area contributed by atoms with E-state index in [4.69, 9.17) is 16.3 Å². The number of hydrogen-bond acceptors (Lipinski definition) is 4. The molecule has 0 fully saturated rings. The summed E-state index contributed by atoms with van der Waals surface area (Å²) in [7, 11) is 1.55. The van der Waals surface area contributed by atoms with Crippen LogP contribution in [0.1, 0.15) is 26.4 Å². The zero-order valence-corrected chi connectivity index (χ0v) is 15.9. The highest BCUT2D eigenvalue weighted by Gasteiger charge is 2.12. The Kier molecular flexibility index (Phi) is 6.24. The maximum Gasteiger partial charge on any atom is 0.274 e. The van der Waals surface area contributed by atoms with E-state index in [9.17, 15) is 9.59 Å². The second-order valence-corrected chi connectivity index (χ2v) is 6.36. The van der Waals surface area contributed by atoms with Gasteiger partial charge in [-0.25, -0.2) is 0 Å². The quantitative estimate of drug-likeness (QED) is 0.662. The lowest BCUT2D eigenvalue weighted by Crippen LogP contribution is -2.23. The number of benzene rings is 2. The van der Waals surface area contributed by atoms with Crippen molar-refractivity contribution < 1.29 is 14.3 Å². The summed E-state index contributed by atoms with van der Waals surface area (Å²) in [6, 6.07) is 17.2. The van der Waals surface area contributed by atoms with Gasteiger partial charge in [-0.2, -0.15) is 0 Å². The summed E-state index contributed by atoms with van der Waals surface area (Å²) in [5.41, 5.74) is 1.98. The summed E-state index contributed by atoms with van der Waals surface area (Å²) >= 11 is 5.85. The number of aromatic nitrogens is 1. The van der Waals surface area contributed by atoms with Crippen LogP contribution in [-0.4, -0.2) is 23.9 Å². The molecule has 1 aromatic heterocycles. The molecule has 7 heteroatoms. The van der Waals surface area contributed by atoms with Gasteiger partial charge in [0.2, 0.25) is 0 Å². The molecule has 3 rings (SSSR count). The minimum absolute atomic E-state index is 0.141. The zero-order valence-electron chi connectivity index (χ0n) is 15.1. The largest absolute Gasteiger partial charge is 0.497 e. The minimum Gasteiger partial charge on any atom is -0.497 e. The first kappa shape index (κ1) is 19.4. The number of carbonyl (C=O) groups excluding carboxylic acids is 2. The van der Waals surface area contributed by atoms with Crippen LogP contribution >= 0.6 is 11.6 Å². The Balaban J connectivity index is 1.65. The molecule has 2 aromatic carbocycles. The Bertz CT molecular complexity index is 990. The van der Waals surface area contributed by atoms with Gasteiger partial charge in [0.15, 0.2) is 0 Å². The third-order valence-electron chi connectivity index (χ3n) is 3.95. The van der Waals surface area contributed by atoms with Crippen molar-refractivity contribution in [2.45, 2.75) is 6.54 Å². The number of hydrogen-bond donors (Lipinski definition) is 2. The first-order valence-electron chi connectivity index (χ1n) is 8.49. The lowest BCUT2D eigenvalue weighted by molar-refractivity contribution is 0.0951. The topological polar surface area (TPSA) is 80.3 Å².